The van der Waals surface area contributed by atoms with E-state index in [9.17, 15) is 9.59 Å². The number of azo groups is 1. The summed E-state index contributed by atoms with van der Waals surface area (Å²) in [5, 5.41) is 10.9. The largest absolute Gasteiger partial charge is 0.326 e. The minimum atomic E-state index is -0.599. The Morgan fingerprint density at radius 2 is 2.00 bits per heavy atom. The van der Waals surface area contributed by atoms with E-state index in [0.717, 1.165) is 5.56 Å². The quantitative estimate of drug-likeness (QED) is 0.715. The molecule has 0 aliphatic carbocycles. The standard InChI is InChI=1S/C13H10N6O2/c20-12-9-8(15-13(21)17-12)11(19-18-9)16-10-7-4-2-1-3-6(7)5-14-10/h1-4,10,14H,5H2,(H2,15,17,20,21)/b16-11-. The molecule has 8 heteroatoms. The van der Waals surface area contributed by atoms with E-state index in [4.69, 9.17) is 0 Å². The Bertz CT molecular complexity index is 907. The minimum absolute atomic E-state index is 0.0830. The van der Waals surface area contributed by atoms with Crippen LogP contribution in [-0.2, 0) is 6.54 Å². The summed E-state index contributed by atoms with van der Waals surface area (Å²) >= 11 is 0. The first-order valence-corrected chi connectivity index (χ1v) is 6.40. The zero-order valence-electron chi connectivity index (χ0n) is 10.8. The molecule has 1 aromatic carbocycles. The van der Waals surface area contributed by atoms with Crippen molar-refractivity contribution < 1.29 is 0 Å². The number of amidine groups is 1. The molecule has 0 bridgehead atoms. The number of benzene rings is 1. The first kappa shape index (κ1) is 11.9. The van der Waals surface area contributed by atoms with Crippen LogP contribution in [0.1, 0.15) is 23.0 Å². The Morgan fingerprint density at radius 1 is 1.14 bits per heavy atom. The van der Waals surface area contributed by atoms with Gasteiger partial charge in [-0.2, -0.15) is 0 Å². The number of hydrogen-bond donors (Lipinski definition) is 3. The summed E-state index contributed by atoms with van der Waals surface area (Å²) in [5.74, 6) is 0.252. The smallest absolute Gasteiger partial charge is 0.302 e. The number of aliphatic imine (C=N–C) groups is 1. The van der Waals surface area contributed by atoms with Crippen molar-refractivity contribution in [3.63, 3.8) is 0 Å². The van der Waals surface area contributed by atoms with Crippen LogP contribution in [-0.4, -0.2) is 15.8 Å². The molecule has 0 saturated heterocycles. The van der Waals surface area contributed by atoms with Crippen LogP contribution < -0.4 is 16.6 Å². The van der Waals surface area contributed by atoms with Crippen LogP contribution in [0.4, 0.5) is 5.69 Å². The molecule has 0 saturated carbocycles. The lowest BCUT2D eigenvalue weighted by Gasteiger charge is -2.06. The van der Waals surface area contributed by atoms with Crippen LogP contribution in [0.3, 0.4) is 0 Å². The Morgan fingerprint density at radius 3 is 2.90 bits per heavy atom. The molecule has 0 fully saturated rings. The molecule has 0 spiro atoms. The van der Waals surface area contributed by atoms with Crippen molar-refractivity contribution in [3.8, 4) is 0 Å². The van der Waals surface area contributed by atoms with E-state index in [1.54, 1.807) is 0 Å². The van der Waals surface area contributed by atoms with Gasteiger partial charge in [0.1, 0.15) is 11.9 Å². The molecular weight excluding hydrogens is 272 g/mol. The monoisotopic (exact) mass is 282 g/mol. The third kappa shape index (κ3) is 1.84. The number of nitrogens with one attached hydrogen (secondary N) is 3. The molecular formula is C13H10N6O2. The topological polar surface area (TPSA) is 115 Å². The van der Waals surface area contributed by atoms with Crippen molar-refractivity contribution in [3.05, 3.63) is 61.9 Å². The molecule has 0 amide bonds. The highest BCUT2D eigenvalue weighted by molar-refractivity contribution is 6.03. The molecule has 1 aromatic heterocycles. The second-order valence-electron chi connectivity index (χ2n) is 4.77. The van der Waals surface area contributed by atoms with E-state index < -0.39 is 11.2 Å². The highest BCUT2D eigenvalue weighted by atomic mass is 16.2. The average Bonchev–Trinajstić information content (AvgIpc) is 3.05. The van der Waals surface area contributed by atoms with Crippen molar-refractivity contribution in [1.82, 2.24) is 15.3 Å². The van der Waals surface area contributed by atoms with Gasteiger partial charge in [0.25, 0.3) is 5.56 Å². The van der Waals surface area contributed by atoms with Crippen LogP contribution in [0.2, 0.25) is 0 Å². The molecule has 2 aliphatic rings. The molecule has 8 nitrogen and oxygen atoms in total. The number of nitrogens with zero attached hydrogens (tertiary/aromatic N) is 3. The predicted molar refractivity (Wildman–Crippen MR) is 74.8 cm³/mol. The molecule has 4 rings (SSSR count). The average molecular weight is 282 g/mol. The number of H-pyrrole nitrogens is 2. The Kier molecular flexibility index (Phi) is 2.45. The molecule has 21 heavy (non-hydrogen) atoms. The summed E-state index contributed by atoms with van der Waals surface area (Å²) in [5.41, 5.74) is 1.40. The van der Waals surface area contributed by atoms with Gasteiger partial charge in [-0.05, 0) is 11.1 Å². The molecule has 1 unspecified atom stereocenters. The van der Waals surface area contributed by atoms with E-state index in [2.05, 4.69) is 30.5 Å². The third-order valence-corrected chi connectivity index (χ3v) is 3.47. The SMILES string of the molecule is O=c1[nH]c2c(c(=O)[nH]1)N=N/C2=N\C1NCc2ccccc21. The normalized spacial score (nSPS) is 20.8. The summed E-state index contributed by atoms with van der Waals surface area (Å²) in [6.07, 6.45) is -0.260. The summed E-state index contributed by atoms with van der Waals surface area (Å²) in [6, 6.07) is 7.92. The Balaban J connectivity index is 1.80. The van der Waals surface area contributed by atoms with E-state index >= 15 is 0 Å². The Hall–Kier alpha value is -2.87. The maximum absolute atomic E-state index is 11.6. The lowest BCUT2D eigenvalue weighted by molar-refractivity contribution is 0.609. The van der Waals surface area contributed by atoms with Gasteiger partial charge < -0.3 is 4.98 Å². The van der Waals surface area contributed by atoms with Crippen molar-refractivity contribution in [2.45, 2.75) is 12.7 Å². The summed E-state index contributed by atoms with van der Waals surface area (Å²) in [4.78, 5) is 32.1. The van der Waals surface area contributed by atoms with E-state index in [1.807, 2.05) is 24.3 Å². The highest BCUT2D eigenvalue weighted by Gasteiger charge is 2.25. The highest BCUT2D eigenvalue weighted by Crippen LogP contribution is 2.28. The Labute approximate surface area is 117 Å². The zero-order valence-corrected chi connectivity index (χ0v) is 10.8. The van der Waals surface area contributed by atoms with Crippen molar-refractivity contribution in [2.75, 3.05) is 0 Å². The number of fused-ring (bicyclic) bond motifs is 2. The van der Waals surface area contributed by atoms with Gasteiger partial charge in [0.2, 0.25) is 0 Å². The van der Waals surface area contributed by atoms with Gasteiger partial charge in [-0.1, -0.05) is 24.3 Å². The second-order valence-corrected chi connectivity index (χ2v) is 4.77. The number of aromatic nitrogens is 2. The van der Waals surface area contributed by atoms with Crippen molar-refractivity contribution in [2.24, 2.45) is 15.2 Å². The maximum Gasteiger partial charge on any atom is 0.326 e. The molecule has 2 aliphatic heterocycles. The minimum Gasteiger partial charge on any atom is -0.302 e. The molecule has 3 heterocycles. The van der Waals surface area contributed by atoms with Gasteiger partial charge in [0.05, 0.1) is 0 Å². The van der Waals surface area contributed by atoms with Crippen LogP contribution in [0.25, 0.3) is 0 Å². The van der Waals surface area contributed by atoms with Gasteiger partial charge in [-0.3, -0.25) is 15.1 Å². The molecule has 1 atom stereocenters. The zero-order chi connectivity index (χ0) is 14.4. The van der Waals surface area contributed by atoms with Gasteiger partial charge in [-0.25, -0.2) is 9.79 Å². The van der Waals surface area contributed by atoms with Crippen LogP contribution in [0.5, 0.6) is 0 Å². The van der Waals surface area contributed by atoms with Crippen molar-refractivity contribution in [1.29, 1.82) is 0 Å². The predicted octanol–water partition coefficient (Wildman–Crippen LogP) is 0.709. The van der Waals surface area contributed by atoms with E-state index in [-0.39, 0.29) is 23.4 Å². The van der Waals surface area contributed by atoms with Crippen LogP contribution in [0.15, 0.2) is 49.1 Å². The third-order valence-electron chi connectivity index (χ3n) is 3.47. The van der Waals surface area contributed by atoms with Crippen molar-refractivity contribution >= 4 is 11.5 Å². The number of rotatable bonds is 1. The first-order chi connectivity index (χ1) is 10.2. The molecule has 0 radical (unpaired) electrons. The van der Waals surface area contributed by atoms with E-state index in [0.29, 0.717) is 6.54 Å². The number of aromatic amines is 2. The van der Waals surface area contributed by atoms with E-state index in [1.165, 1.54) is 5.56 Å². The van der Waals surface area contributed by atoms with Gasteiger partial charge in [0.15, 0.2) is 11.5 Å². The molecule has 2 aromatic rings. The lowest BCUT2D eigenvalue weighted by atomic mass is 10.1. The molecule has 104 valence electrons. The number of hydrogen-bond acceptors (Lipinski definition) is 5. The summed E-state index contributed by atoms with van der Waals surface area (Å²) in [6.45, 7) is 0.716. The van der Waals surface area contributed by atoms with Crippen LogP contribution >= 0.6 is 0 Å². The lowest BCUT2D eigenvalue weighted by Crippen LogP contribution is -2.24. The summed E-state index contributed by atoms with van der Waals surface area (Å²) < 4.78 is 0. The second kappa shape index (κ2) is 4.32. The molecule has 3 N–H and O–H groups in total. The fourth-order valence-electron chi connectivity index (χ4n) is 2.49. The van der Waals surface area contributed by atoms with Gasteiger partial charge >= 0.3 is 5.69 Å². The van der Waals surface area contributed by atoms with Gasteiger partial charge in [0, 0.05) is 6.54 Å². The maximum atomic E-state index is 11.6. The fraction of sp³-hybridized carbons (Fsp3) is 0.154. The fourth-order valence-corrected chi connectivity index (χ4v) is 2.49. The van der Waals surface area contributed by atoms with Gasteiger partial charge in [-0.15, -0.1) is 10.2 Å². The summed E-state index contributed by atoms with van der Waals surface area (Å²) in [7, 11) is 0. The van der Waals surface area contributed by atoms with Crippen LogP contribution in [0, 0.1) is 0 Å². The first-order valence-electron chi connectivity index (χ1n) is 6.40.